The molecule has 0 spiro atoms. The third-order valence-electron chi connectivity index (χ3n) is 5.95. The van der Waals surface area contributed by atoms with Crippen molar-refractivity contribution in [3.63, 3.8) is 0 Å². The van der Waals surface area contributed by atoms with Gasteiger partial charge in [-0.3, -0.25) is 4.79 Å². The molecule has 0 radical (unpaired) electrons. The van der Waals surface area contributed by atoms with E-state index in [2.05, 4.69) is 79.2 Å². The molecule has 0 bridgehead atoms. The molecule has 0 atom stereocenters. The molecule has 0 unspecified atom stereocenters. The summed E-state index contributed by atoms with van der Waals surface area (Å²) in [6.45, 7) is 4.23. The van der Waals surface area contributed by atoms with Crippen molar-refractivity contribution in [2.24, 2.45) is 0 Å². The molecule has 5 rings (SSSR count). The van der Waals surface area contributed by atoms with E-state index < -0.39 is 34.6 Å². The third kappa shape index (κ3) is 6.62. The normalized spacial score (nSPS) is 10.9. The van der Waals surface area contributed by atoms with Crippen LogP contribution in [0.25, 0.3) is 32.7 Å². The van der Waals surface area contributed by atoms with Crippen molar-refractivity contribution in [1.29, 1.82) is 0 Å². The lowest BCUT2D eigenvalue weighted by Crippen LogP contribution is -2.03. The second-order valence-corrected chi connectivity index (χ2v) is 8.94. The van der Waals surface area contributed by atoms with E-state index in [1.54, 1.807) is 0 Å². The van der Waals surface area contributed by atoms with E-state index in [1.165, 1.54) is 38.9 Å². The van der Waals surface area contributed by atoms with Crippen LogP contribution in [0.2, 0.25) is 0 Å². The van der Waals surface area contributed by atoms with E-state index in [9.17, 15) is 31.1 Å². The number of aryl methyl sites for hydroxylation is 2. The van der Waals surface area contributed by atoms with Gasteiger partial charge in [-0.2, -0.15) is 13.2 Å². The molecule has 0 aromatic heterocycles. The van der Waals surface area contributed by atoms with Gasteiger partial charge >= 0.3 is 6.18 Å². The van der Waals surface area contributed by atoms with Crippen LogP contribution in [0.15, 0.2) is 78.9 Å². The van der Waals surface area contributed by atoms with Crippen molar-refractivity contribution in [3.05, 3.63) is 113 Å². The highest BCUT2D eigenvalue weighted by atomic mass is 19.4. The summed E-state index contributed by atoms with van der Waals surface area (Å²) in [6.07, 6.45) is -4.95. The number of hydrogen-bond acceptors (Lipinski definition) is 2. The molecule has 202 valence electrons. The van der Waals surface area contributed by atoms with Gasteiger partial charge in [0.15, 0.2) is 5.82 Å². The van der Waals surface area contributed by atoms with Crippen molar-refractivity contribution < 1.29 is 35.9 Å². The SMILES string of the molecule is Cc1ccc(-c2ccc3cc(C)ccc3c2)cc1.O=COc1cc(F)c2c(F)c(C#CC(F)(F)F)c(F)cc2c1. The predicted molar refractivity (Wildman–Crippen MR) is 142 cm³/mol. The van der Waals surface area contributed by atoms with Crippen molar-refractivity contribution in [1.82, 2.24) is 0 Å². The fourth-order valence-corrected chi connectivity index (χ4v) is 4.05. The van der Waals surface area contributed by atoms with Gasteiger partial charge in [0.25, 0.3) is 6.47 Å². The Balaban J connectivity index is 0.000000188. The molecule has 2 nitrogen and oxygen atoms in total. The molecule has 0 aliphatic rings. The van der Waals surface area contributed by atoms with Crippen LogP contribution in [0.1, 0.15) is 16.7 Å². The van der Waals surface area contributed by atoms with E-state index in [1.807, 2.05) is 0 Å². The van der Waals surface area contributed by atoms with Crippen LogP contribution in [-0.2, 0) is 4.79 Å². The standard InChI is InChI=1S/C18H16.C14H4F6O2/c1-13-3-6-15(7-4-13)17-10-9-16-11-14(2)5-8-18(16)12-17;15-10-4-7-3-8(22-6-21)5-11(16)12(7)13(17)9(10)1-2-14(18,19)20/h3-12H,1-2H3;3-6H. The van der Waals surface area contributed by atoms with E-state index in [4.69, 9.17) is 0 Å². The molecule has 5 aromatic rings. The Morgan fingerprint density at radius 2 is 1.32 bits per heavy atom. The monoisotopic (exact) mass is 550 g/mol. The number of carbonyl (C=O) groups is 1. The van der Waals surface area contributed by atoms with Crippen LogP contribution in [0.4, 0.5) is 26.3 Å². The maximum atomic E-state index is 14.0. The molecule has 0 heterocycles. The quantitative estimate of drug-likeness (QED) is 0.127. The Kier molecular flexibility index (Phi) is 8.15. The number of hydrogen-bond donors (Lipinski definition) is 0. The average Bonchev–Trinajstić information content (AvgIpc) is 2.88. The summed E-state index contributed by atoms with van der Waals surface area (Å²) in [4.78, 5) is 10.2. The first-order valence-electron chi connectivity index (χ1n) is 11.8. The summed E-state index contributed by atoms with van der Waals surface area (Å²) in [5.41, 5.74) is 3.97. The average molecular weight is 550 g/mol. The Morgan fingerprint density at radius 3 is 2.00 bits per heavy atom. The minimum absolute atomic E-state index is 0.0174. The van der Waals surface area contributed by atoms with Crippen molar-refractivity contribution in [3.8, 4) is 28.7 Å². The summed E-state index contributed by atoms with van der Waals surface area (Å²) in [5.74, 6) is -2.50. The second kappa shape index (κ2) is 11.5. The third-order valence-corrected chi connectivity index (χ3v) is 5.95. The first-order valence-corrected chi connectivity index (χ1v) is 11.8. The fourth-order valence-electron chi connectivity index (χ4n) is 4.05. The largest absolute Gasteiger partial charge is 0.458 e. The van der Waals surface area contributed by atoms with E-state index in [-0.39, 0.29) is 17.6 Å². The van der Waals surface area contributed by atoms with E-state index >= 15 is 0 Å². The minimum atomic E-state index is -4.95. The number of rotatable bonds is 3. The number of ether oxygens (including phenoxy) is 1. The van der Waals surface area contributed by atoms with Gasteiger partial charge in [-0.25, -0.2) is 13.2 Å². The molecular formula is C32H20F6O2. The van der Waals surface area contributed by atoms with Crippen LogP contribution in [0.5, 0.6) is 5.75 Å². The Bertz CT molecular complexity index is 1780. The molecule has 0 aliphatic heterocycles. The summed E-state index contributed by atoms with van der Waals surface area (Å²) < 4.78 is 81.8. The highest BCUT2D eigenvalue weighted by Gasteiger charge is 2.24. The molecule has 0 saturated carbocycles. The molecule has 5 aromatic carbocycles. The minimum Gasteiger partial charge on any atom is -0.429 e. The maximum absolute atomic E-state index is 14.0. The molecule has 0 N–H and O–H groups in total. The van der Waals surface area contributed by atoms with E-state index in [0.29, 0.717) is 18.1 Å². The van der Waals surface area contributed by atoms with Gasteiger partial charge < -0.3 is 4.74 Å². The van der Waals surface area contributed by atoms with Crippen molar-refractivity contribution in [2.45, 2.75) is 20.0 Å². The summed E-state index contributed by atoms with van der Waals surface area (Å²) in [5, 5.41) is 1.53. The van der Waals surface area contributed by atoms with Gasteiger partial charge in [-0.1, -0.05) is 71.6 Å². The van der Waals surface area contributed by atoms with Gasteiger partial charge in [0.2, 0.25) is 0 Å². The fraction of sp³-hybridized carbons (Fsp3) is 0.0938. The summed E-state index contributed by atoms with van der Waals surface area (Å²) >= 11 is 0. The topological polar surface area (TPSA) is 26.3 Å². The molecule has 0 amide bonds. The van der Waals surface area contributed by atoms with Crippen molar-refractivity contribution in [2.75, 3.05) is 0 Å². The first-order chi connectivity index (χ1) is 18.9. The van der Waals surface area contributed by atoms with Crippen LogP contribution >= 0.6 is 0 Å². The molecule has 0 aliphatic carbocycles. The summed E-state index contributed by atoms with van der Waals surface area (Å²) in [6, 6.07) is 24.2. The van der Waals surface area contributed by atoms with E-state index in [0.717, 1.165) is 6.07 Å². The van der Waals surface area contributed by atoms with Gasteiger partial charge in [-0.15, -0.1) is 0 Å². The summed E-state index contributed by atoms with van der Waals surface area (Å²) in [7, 11) is 0. The van der Waals surface area contributed by atoms with Gasteiger partial charge in [-0.05, 0) is 59.3 Å². The van der Waals surface area contributed by atoms with Crippen LogP contribution in [0.3, 0.4) is 0 Å². The lowest BCUT2D eigenvalue weighted by molar-refractivity contribution is -0.120. The number of carbonyl (C=O) groups excluding carboxylic acids is 1. The highest BCUT2D eigenvalue weighted by Crippen LogP contribution is 2.30. The molecule has 0 fully saturated rings. The van der Waals surface area contributed by atoms with Gasteiger partial charge in [0.1, 0.15) is 17.4 Å². The number of fused-ring (bicyclic) bond motifs is 2. The number of benzene rings is 5. The zero-order chi connectivity index (χ0) is 29.0. The van der Waals surface area contributed by atoms with Gasteiger partial charge in [0, 0.05) is 12.0 Å². The van der Waals surface area contributed by atoms with Crippen LogP contribution in [0, 0.1) is 43.1 Å². The van der Waals surface area contributed by atoms with Gasteiger partial charge in [0.05, 0.1) is 10.9 Å². The zero-order valence-electron chi connectivity index (χ0n) is 21.2. The Labute approximate surface area is 225 Å². The Morgan fingerprint density at radius 1 is 0.700 bits per heavy atom. The number of alkyl halides is 3. The lowest BCUT2D eigenvalue weighted by Gasteiger charge is -2.07. The highest BCUT2D eigenvalue weighted by molar-refractivity contribution is 5.88. The van der Waals surface area contributed by atoms with Crippen LogP contribution in [-0.4, -0.2) is 12.6 Å². The predicted octanol–water partition coefficient (Wildman–Crippen LogP) is 8.83. The lowest BCUT2D eigenvalue weighted by atomic mass is 9.99. The first kappa shape index (κ1) is 28.2. The van der Waals surface area contributed by atoms with Crippen molar-refractivity contribution >= 4 is 28.0 Å². The molecule has 40 heavy (non-hydrogen) atoms. The Hall–Kier alpha value is -4.77. The molecule has 8 heteroatoms. The zero-order valence-corrected chi connectivity index (χ0v) is 21.2. The smallest absolute Gasteiger partial charge is 0.429 e. The second-order valence-electron chi connectivity index (χ2n) is 8.94. The molecule has 0 saturated heterocycles. The number of halogens is 6. The molecular weight excluding hydrogens is 530 g/mol. The van der Waals surface area contributed by atoms with Crippen LogP contribution < -0.4 is 4.74 Å². The maximum Gasteiger partial charge on any atom is 0.458 e.